The van der Waals surface area contributed by atoms with E-state index in [0.717, 1.165) is 28.0 Å². The second kappa shape index (κ2) is 12.1. The van der Waals surface area contributed by atoms with Crippen molar-refractivity contribution in [3.05, 3.63) is 101 Å². The van der Waals surface area contributed by atoms with Crippen LogP contribution in [-0.2, 0) is 24.2 Å². The highest BCUT2D eigenvalue weighted by Gasteiger charge is 2.36. The number of nitrogens with one attached hydrogen (secondary N) is 2. The average molecular weight is 490 g/mol. The Kier molecular flexibility index (Phi) is 8.72. The van der Waals surface area contributed by atoms with Gasteiger partial charge in [0.15, 0.2) is 0 Å². The zero-order valence-electron chi connectivity index (χ0n) is 20.5. The standard InChI is InChI=1S/C29H35N3O4/c1-2-36-22-14-12-20(13-15-22)18-31-27(28(34)24(30)16-19-8-4-3-5-9-19)29(35)32-26-23-11-7-6-10-21(23)17-25(26)33/h3-15,24-28,31,33-34H,2,16-18,30H2,1H3,(H,32,35)/t24-,25+,26-,27+,28+/m0/s1. The fourth-order valence-corrected chi connectivity index (χ4v) is 4.71. The molecule has 0 radical (unpaired) electrons. The monoisotopic (exact) mass is 489 g/mol. The van der Waals surface area contributed by atoms with E-state index in [4.69, 9.17) is 10.5 Å². The van der Waals surface area contributed by atoms with Gasteiger partial charge in [-0.2, -0.15) is 0 Å². The van der Waals surface area contributed by atoms with Crippen molar-refractivity contribution in [2.45, 2.75) is 56.6 Å². The molecule has 7 heteroatoms. The van der Waals surface area contributed by atoms with Crippen LogP contribution in [0.4, 0.5) is 0 Å². The SMILES string of the molecule is CCOc1ccc(CN[C@@H](C(=O)N[C@H]2c3ccccc3C[C@H]2O)[C@H](O)[C@@H](N)Cc2ccccc2)cc1. The van der Waals surface area contributed by atoms with E-state index in [0.29, 0.717) is 26.0 Å². The Morgan fingerprint density at radius 3 is 2.44 bits per heavy atom. The van der Waals surface area contributed by atoms with Gasteiger partial charge >= 0.3 is 0 Å². The van der Waals surface area contributed by atoms with Gasteiger partial charge in [0.25, 0.3) is 0 Å². The van der Waals surface area contributed by atoms with Gasteiger partial charge in [0.1, 0.15) is 11.8 Å². The molecule has 0 saturated heterocycles. The van der Waals surface area contributed by atoms with Crippen LogP contribution >= 0.6 is 0 Å². The third-order valence-electron chi connectivity index (χ3n) is 6.64. The molecule has 3 aromatic carbocycles. The number of nitrogens with two attached hydrogens (primary N) is 1. The van der Waals surface area contributed by atoms with Gasteiger partial charge in [-0.25, -0.2) is 0 Å². The molecule has 0 bridgehead atoms. The van der Waals surface area contributed by atoms with Crippen LogP contribution in [0, 0.1) is 0 Å². The number of hydrogen-bond donors (Lipinski definition) is 5. The summed E-state index contributed by atoms with van der Waals surface area (Å²) in [4.78, 5) is 13.5. The summed E-state index contributed by atoms with van der Waals surface area (Å²) in [6.07, 6.45) is -0.984. The maximum absolute atomic E-state index is 13.5. The molecule has 0 saturated carbocycles. The van der Waals surface area contributed by atoms with E-state index < -0.39 is 36.2 Å². The zero-order chi connectivity index (χ0) is 25.5. The van der Waals surface area contributed by atoms with Crippen molar-refractivity contribution >= 4 is 5.91 Å². The molecule has 1 aliphatic carbocycles. The van der Waals surface area contributed by atoms with E-state index in [1.54, 1.807) is 0 Å². The summed E-state index contributed by atoms with van der Waals surface area (Å²) < 4.78 is 5.50. The fraction of sp³-hybridized carbons (Fsp3) is 0.345. The molecular formula is C29H35N3O4. The van der Waals surface area contributed by atoms with Crippen LogP contribution in [0.15, 0.2) is 78.9 Å². The largest absolute Gasteiger partial charge is 0.494 e. The minimum Gasteiger partial charge on any atom is -0.494 e. The van der Waals surface area contributed by atoms with Gasteiger partial charge in [-0.3, -0.25) is 10.1 Å². The molecule has 1 amide bonds. The van der Waals surface area contributed by atoms with Crippen molar-refractivity contribution in [1.82, 2.24) is 10.6 Å². The summed E-state index contributed by atoms with van der Waals surface area (Å²) in [7, 11) is 0. The highest BCUT2D eigenvalue weighted by molar-refractivity contribution is 5.83. The van der Waals surface area contributed by atoms with E-state index in [1.165, 1.54) is 0 Å². The molecule has 0 unspecified atom stereocenters. The van der Waals surface area contributed by atoms with E-state index in [-0.39, 0.29) is 0 Å². The van der Waals surface area contributed by atoms with Crippen molar-refractivity contribution in [1.29, 1.82) is 0 Å². The molecule has 0 aliphatic heterocycles. The van der Waals surface area contributed by atoms with Gasteiger partial charge in [-0.05, 0) is 47.7 Å². The van der Waals surface area contributed by atoms with E-state index in [9.17, 15) is 15.0 Å². The minimum absolute atomic E-state index is 0.351. The smallest absolute Gasteiger partial charge is 0.240 e. The molecule has 4 rings (SSSR count). The van der Waals surface area contributed by atoms with Crippen LogP contribution in [-0.4, -0.2) is 47.0 Å². The summed E-state index contributed by atoms with van der Waals surface area (Å²) in [5, 5.41) is 28.0. The molecule has 0 heterocycles. The molecule has 36 heavy (non-hydrogen) atoms. The lowest BCUT2D eigenvalue weighted by Crippen LogP contribution is -2.58. The first-order valence-corrected chi connectivity index (χ1v) is 12.4. The van der Waals surface area contributed by atoms with Crippen LogP contribution in [0.5, 0.6) is 5.75 Å². The maximum atomic E-state index is 13.5. The third kappa shape index (κ3) is 6.30. The van der Waals surface area contributed by atoms with Gasteiger partial charge in [-0.1, -0.05) is 66.7 Å². The van der Waals surface area contributed by atoms with Gasteiger partial charge in [0.2, 0.25) is 5.91 Å². The van der Waals surface area contributed by atoms with Crippen LogP contribution < -0.4 is 21.1 Å². The highest BCUT2D eigenvalue weighted by atomic mass is 16.5. The molecule has 1 aliphatic rings. The lowest BCUT2D eigenvalue weighted by Gasteiger charge is -2.30. The van der Waals surface area contributed by atoms with Crippen molar-refractivity contribution in [2.24, 2.45) is 5.73 Å². The number of aliphatic hydroxyl groups is 2. The minimum atomic E-state index is -1.15. The van der Waals surface area contributed by atoms with Gasteiger partial charge in [0, 0.05) is 19.0 Å². The number of amides is 1. The first-order chi connectivity index (χ1) is 17.5. The summed E-state index contributed by atoms with van der Waals surface area (Å²) in [5.74, 6) is 0.368. The van der Waals surface area contributed by atoms with Crippen LogP contribution in [0.1, 0.15) is 35.2 Å². The van der Waals surface area contributed by atoms with E-state index >= 15 is 0 Å². The van der Waals surface area contributed by atoms with Crippen molar-refractivity contribution in [3.8, 4) is 5.75 Å². The molecule has 5 atom stereocenters. The summed E-state index contributed by atoms with van der Waals surface area (Å²) in [6.45, 7) is 2.86. The molecule has 0 aromatic heterocycles. The summed E-state index contributed by atoms with van der Waals surface area (Å²) in [6, 6.07) is 22.7. The second-order valence-corrected chi connectivity index (χ2v) is 9.24. The molecule has 6 N–H and O–H groups in total. The Bertz CT molecular complexity index is 1120. The van der Waals surface area contributed by atoms with Gasteiger partial charge < -0.3 is 26.0 Å². The molecule has 7 nitrogen and oxygen atoms in total. The average Bonchev–Trinajstić information content (AvgIpc) is 3.20. The number of benzene rings is 3. The van der Waals surface area contributed by atoms with Gasteiger partial charge in [-0.15, -0.1) is 0 Å². The first-order valence-electron chi connectivity index (χ1n) is 12.4. The number of aliphatic hydroxyl groups excluding tert-OH is 2. The first kappa shape index (κ1) is 25.9. The van der Waals surface area contributed by atoms with Crippen LogP contribution in [0.25, 0.3) is 0 Å². The summed E-state index contributed by atoms with van der Waals surface area (Å²) >= 11 is 0. The molecule has 3 aromatic rings. The molecule has 0 spiro atoms. The zero-order valence-corrected chi connectivity index (χ0v) is 20.5. The molecule has 190 valence electrons. The Morgan fingerprint density at radius 1 is 1.03 bits per heavy atom. The highest BCUT2D eigenvalue weighted by Crippen LogP contribution is 2.31. The third-order valence-corrected chi connectivity index (χ3v) is 6.64. The predicted molar refractivity (Wildman–Crippen MR) is 139 cm³/mol. The molecular weight excluding hydrogens is 454 g/mol. The maximum Gasteiger partial charge on any atom is 0.240 e. The van der Waals surface area contributed by atoms with E-state index in [2.05, 4.69) is 10.6 Å². The predicted octanol–water partition coefficient (Wildman–Crippen LogP) is 2.25. The number of carbonyl (C=O) groups excluding carboxylic acids is 1. The van der Waals surface area contributed by atoms with Crippen LogP contribution in [0.2, 0.25) is 0 Å². The van der Waals surface area contributed by atoms with E-state index in [1.807, 2.05) is 85.8 Å². The second-order valence-electron chi connectivity index (χ2n) is 9.24. The fourth-order valence-electron chi connectivity index (χ4n) is 4.71. The number of hydrogen-bond acceptors (Lipinski definition) is 6. The number of ether oxygens (including phenoxy) is 1. The van der Waals surface area contributed by atoms with Crippen molar-refractivity contribution in [3.63, 3.8) is 0 Å². The van der Waals surface area contributed by atoms with Crippen molar-refractivity contribution < 1.29 is 19.7 Å². The topological polar surface area (TPSA) is 117 Å². The Labute approximate surface area is 212 Å². The molecule has 0 fully saturated rings. The Balaban J connectivity index is 1.49. The lowest BCUT2D eigenvalue weighted by molar-refractivity contribution is -0.128. The normalized spacial score (nSPS) is 19.2. The summed E-state index contributed by atoms with van der Waals surface area (Å²) in [5.41, 5.74) is 10.2. The van der Waals surface area contributed by atoms with Gasteiger partial charge in [0.05, 0.1) is 24.9 Å². The number of fused-ring (bicyclic) bond motifs is 1. The number of rotatable bonds is 11. The number of carbonyl (C=O) groups is 1. The Morgan fingerprint density at radius 2 is 1.72 bits per heavy atom. The lowest BCUT2D eigenvalue weighted by atomic mass is 9.95. The quantitative estimate of drug-likeness (QED) is 0.282. The van der Waals surface area contributed by atoms with Crippen LogP contribution in [0.3, 0.4) is 0 Å². The Hall–Kier alpha value is -3.23. The van der Waals surface area contributed by atoms with Crippen molar-refractivity contribution in [2.75, 3.05) is 6.61 Å².